The summed E-state index contributed by atoms with van der Waals surface area (Å²) in [7, 11) is 0. The lowest BCUT2D eigenvalue weighted by Gasteiger charge is -2.37. The van der Waals surface area contributed by atoms with Crippen LogP contribution in [0.2, 0.25) is 5.02 Å². The van der Waals surface area contributed by atoms with E-state index >= 15 is 0 Å². The van der Waals surface area contributed by atoms with Crippen LogP contribution in [0, 0.1) is 5.92 Å². The van der Waals surface area contributed by atoms with Crippen molar-refractivity contribution in [2.75, 3.05) is 26.2 Å². The maximum Gasteiger partial charge on any atom is 0.226 e. The summed E-state index contributed by atoms with van der Waals surface area (Å²) in [6.45, 7) is 2.95. The van der Waals surface area contributed by atoms with Crippen LogP contribution in [-0.4, -0.2) is 43.1 Å². The van der Waals surface area contributed by atoms with Crippen molar-refractivity contribution in [2.24, 2.45) is 5.92 Å². The third-order valence-corrected chi connectivity index (χ3v) is 6.22. The standard InChI is InChI=1S/C23H28ClN3O2/c24-19-10-8-17(9-11-19)21-15-25-26-23(21)18-5-4-13-27(16-18)22(28)12-14-29-20-6-2-1-3-7-20/h1-3,6-11,18,21,23,25-26H,4-5,12-16H2. The smallest absolute Gasteiger partial charge is 0.226 e. The van der Waals surface area contributed by atoms with Crippen LogP contribution in [-0.2, 0) is 4.79 Å². The number of rotatable bonds is 6. The van der Waals surface area contributed by atoms with Crippen LogP contribution in [0.5, 0.6) is 5.75 Å². The predicted molar refractivity (Wildman–Crippen MR) is 115 cm³/mol. The lowest BCUT2D eigenvalue weighted by molar-refractivity contribution is -0.133. The molecule has 2 fully saturated rings. The molecule has 29 heavy (non-hydrogen) atoms. The van der Waals surface area contributed by atoms with Gasteiger partial charge in [0.15, 0.2) is 0 Å². The van der Waals surface area contributed by atoms with Crippen LogP contribution in [0.4, 0.5) is 0 Å². The number of hydrazine groups is 1. The SMILES string of the molecule is O=C(CCOc1ccccc1)N1CCCC(C2NNCC2c2ccc(Cl)cc2)C1. The van der Waals surface area contributed by atoms with Crippen molar-refractivity contribution in [3.05, 3.63) is 65.2 Å². The Hall–Kier alpha value is -2.08. The zero-order chi connectivity index (χ0) is 20.1. The Morgan fingerprint density at radius 2 is 1.93 bits per heavy atom. The van der Waals surface area contributed by atoms with Crippen LogP contribution < -0.4 is 15.6 Å². The molecule has 0 aliphatic carbocycles. The molecule has 0 saturated carbocycles. The summed E-state index contributed by atoms with van der Waals surface area (Å²) in [6.07, 6.45) is 2.59. The number of carbonyl (C=O) groups excluding carboxylic acids is 1. The number of nitrogens with one attached hydrogen (secondary N) is 2. The van der Waals surface area contributed by atoms with Crippen molar-refractivity contribution < 1.29 is 9.53 Å². The van der Waals surface area contributed by atoms with E-state index in [0.717, 1.165) is 43.2 Å². The van der Waals surface area contributed by atoms with E-state index in [2.05, 4.69) is 23.0 Å². The molecule has 2 N–H and O–H groups in total. The fourth-order valence-corrected chi connectivity index (χ4v) is 4.58. The summed E-state index contributed by atoms with van der Waals surface area (Å²) < 4.78 is 5.70. The second kappa shape index (κ2) is 9.61. The topological polar surface area (TPSA) is 53.6 Å². The summed E-state index contributed by atoms with van der Waals surface area (Å²) in [6, 6.07) is 18.1. The number of halogens is 1. The van der Waals surface area contributed by atoms with Gasteiger partial charge in [-0.3, -0.25) is 15.6 Å². The maximum atomic E-state index is 12.7. The molecule has 2 saturated heterocycles. The van der Waals surface area contributed by atoms with Gasteiger partial charge in [0.2, 0.25) is 5.91 Å². The van der Waals surface area contributed by atoms with Crippen molar-refractivity contribution in [3.8, 4) is 5.75 Å². The van der Waals surface area contributed by atoms with Gasteiger partial charge in [0.05, 0.1) is 13.0 Å². The highest BCUT2D eigenvalue weighted by Gasteiger charge is 2.37. The molecule has 5 nitrogen and oxygen atoms in total. The molecule has 0 bridgehead atoms. The Morgan fingerprint density at radius 3 is 2.72 bits per heavy atom. The van der Waals surface area contributed by atoms with Gasteiger partial charge in [-0.2, -0.15) is 0 Å². The molecule has 2 aromatic rings. The van der Waals surface area contributed by atoms with Crippen LogP contribution in [0.3, 0.4) is 0 Å². The van der Waals surface area contributed by atoms with E-state index in [0.29, 0.717) is 30.9 Å². The van der Waals surface area contributed by atoms with Crippen molar-refractivity contribution in [1.29, 1.82) is 0 Å². The van der Waals surface area contributed by atoms with E-state index in [1.54, 1.807) is 0 Å². The van der Waals surface area contributed by atoms with Gasteiger partial charge >= 0.3 is 0 Å². The van der Waals surface area contributed by atoms with E-state index in [1.165, 1.54) is 5.56 Å². The number of carbonyl (C=O) groups is 1. The molecule has 2 heterocycles. The number of hydrogen-bond donors (Lipinski definition) is 2. The number of benzene rings is 2. The van der Waals surface area contributed by atoms with Crippen LogP contribution in [0.25, 0.3) is 0 Å². The Morgan fingerprint density at radius 1 is 1.14 bits per heavy atom. The van der Waals surface area contributed by atoms with Gasteiger partial charge in [0.25, 0.3) is 0 Å². The molecular weight excluding hydrogens is 386 g/mol. The first kappa shape index (κ1) is 20.2. The third-order valence-electron chi connectivity index (χ3n) is 5.97. The Kier molecular flexibility index (Phi) is 6.70. The normalized spacial score (nSPS) is 24.4. The fourth-order valence-electron chi connectivity index (χ4n) is 4.46. The molecule has 2 aliphatic rings. The second-order valence-electron chi connectivity index (χ2n) is 7.86. The fraction of sp³-hybridized carbons (Fsp3) is 0.435. The average Bonchev–Trinajstić information content (AvgIpc) is 3.25. The minimum Gasteiger partial charge on any atom is -0.493 e. The highest BCUT2D eigenvalue weighted by atomic mass is 35.5. The molecule has 2 aromatic carbocycles. The van der Waals surface area contributed by atoms with Crippen LogP contribution in [0.1, 0.15) is 30.7 Å². The molecule has 3 unspecified atom stereocenters. The number of amides is 1. The molecule has 154 valence electrons. The van der Waals surface area contributed by atoms with Gasteiger partial charge in [-0.25, -0.2) is 0 Å². The van der Waals surface area contributed by atoms with Gasteiger partial charge in [-0.15, -0.1) is 0 Å². The molecule has 0 radical (unpaired) electrons. The van der Waals surface area contributed by atoms with Crippen molar-refractivity contribution in [1.82, 2.24) is 15.8 Å². The van der Waals surface area contributed by atoms with E-state index in [-0.39, 0.29) is 5.91 Å². The summed E-state index contributed by atoms with van der Waals surface area (Å²) in [5.41, 5.74) is 8.08. The number of nitrogens with zero attached hydrogens (tertiary/aromatic N) is 1. The number of hydrogen-bond acceptors (Lipinski definition) is 4. The largest absolute Gasteiger partial charge is 0.493 e. The van der Waals surface area contributed by atoms with E-state index in [4.69, 9.17) is 16.3 Å². The first-order chi connectivity index (χ1) is 14.2. The van der Waals surface area contributed by atoms with Crippen molar-refractivity contribution >= 4 is 17.5 Å². The molecular formula is C23H28ClN3O2. The molecule has 1 amide bonds. The minimum atomic E-state index is 0.180. The lowest BCUT2D eigenvalue weighted by Crippen LogP contribution is -2.48. The highest BCUT2D eigenvalue weighted by Crippen LogP contribution is 2.32. The zero-order valence-electron chi connectivity index (χ0n) is 16.5. The molecule has 3 atom stereocenters. The summed E-state index contributed by atoms with van der Waals surface area (Å²) in [5.74, 6) is 1.80. The van der Waals surface area contributed by atoms with Gasteiger partial charge in [0.1, 0.15) is 5.75 Å². The van der Waals surface area contributed by atoms with Crippen LogP contribution >= 0.6 is 11.6 Å². The Balaban J connectivity index is 1.32. The van der Waals surface area contributed by atoms with Crippen molar-refractivity contribution in [2.45, 2.75) is 31.2 Å². The number of ether oxygens (including phenoxy) is 1. The zero-order valence-corrected chi connectivity index (χ0v) is 17.3. The minimum absolute atomic E-state index is 0.180. The predicted octanol–water partition coefficient (Wildman–Crippen LogP) is 3.61. The van der Waals surface area contributed by atoms with E-state index in [9.17, 15) is 4.79 Å². The monoisotopic (exact) mass is 413 g/mol. The maximum absolute atomic E-state index is 12.7. The van der Waals surface area contributed by atoms with Crippen LogP contribution in [0.15, 0.2) is 54.6 Å². The lowest BCUT2D eigenvalue weighted by atomic mass is 9.81. The highest BCUT2D eigenvalue weighted by molar-refractivity contribution is 6.30. The number of para-hydroxylation sites is 1. The molecule has 0 spiro atoms. The molecule has 2 aliphatic heterocycles. The van der Waals surface area contributed by atoms with Gasteiger partial charge < -0.3 is 9.64 Å². The summed E-state index contributed by atoms with van der Waals surface area (Å²) in [4.78, 5) is 14.7. The van der Waals surface area contributed by atoms with E-state index in [1.807, 2.05) is 47.4 Å². The summed E-state index contributed by atoms with van der Waals surface area (Å²) >= 11 is 6.05. The van der Waals surface area contributed by atoms with Gasteiger partial charge in [0, 0.05) is 36.6 Å². The second-order valence-corrected chi connectivity index (χ2v) is 8.30. The quantitative estimate of drug-likeness (QED) is 0.759. The Labute approximate surface area is 177 Å². The van der Waals surface area contributed by atoms with E-state index < -0.39 is 0 Å². The molecule has 6 heteroatoms. The van der Waals surface area contributed by atoms with Crippen molar-refractivity contribution in [3.63, 3.8) is 0 Å². The third kappa shape index (κ3) is 5.10. The first-order valence-electron chi connectivity index (χ1n) is 10.4. The molecule has 4 rings (SSSR count). The van der Waals surface area contributed by atoms with Gasteiger partial charge in [-0.05, 0) is 48.6 Å². The average molecular weight is 414 g/mol. The van der Waals surface area contributed by atoms with Gasteiger partial charge in [-0.1, -0.05) is 41.9 Å². The Bertz CT molecular complexity index is 800. The summed E-state index contributed by atoms with van der Waals surface area (Å²) in [5, 5.41) is 0.761. The number of piperidine rings is 1. The number of likely N-dealkylation sites (tertiary alicyclic amines) is 1. The molecule has 0 aromatic heterocycles. The first-order valence-corrected chi connectivity index (χ1v) is 10.8.